The number of nitrogens with one attached hydrogen (secondary N) is 1. The fourth-order valence-corrected chi connectivity index (χ4v) is 2.31. The molecule has 0 saturated carbocycles. The second kappa shape index (κ2) is 6.75. The molecule has 0 amide bonds. The van der Waals surface area contributed by atoms with E-state index in [1.54, 1.807) is 0 Å². The number of hydrogen-bond acceptors (Lipinski definition) is 2. The summed E-state index contributed by atoms with van der Waals surface area (Å²) in [6.07, 6.45) is 4.08. The molecule has 0 aromatic carbocycles. The molecule has 1 aliphatic heterocycles. The summed E-state index contributed by atoms with van der Waals surface area (Å²) in [5.74, 6) is 0.906. The van der Waals surface area contributed by atoms with E-state index < -0.39 is 0 Å². The van der Waals surface area contributed by atoms with Gasteiger partial charge in [-0.1, -0.05) is 34.6 Å². The van der Waals surface area contributed by atoms with Gasteiger partial charge in [0.2, 0.25) is 0 Å². The molecule has 0 radical (unpaired) electrons. The summed E-state index contributed by atoms with van der Waals surface area (Å²) in [7, 11) is 0. The molecule has 17 heavy (non-hydrogen) atoms. The van der Waals surface area contributed by atoms with Crippen LogP contribution in [0.2, 0.25) is 0 Å². The highest BCUT2D eigenvalue weighted by molar-refractivity contribution is 4.75. The Balaban J connectivity index is 2.13. The molecule has 1 rings (SSSR count). The highest BCUT2D eigenvalue weighted by atomic mass is 15.1. The summed E-state index contributed by atoms with van der Waals surface area (Å²) in [5, 5.41) is 3.57. The van der Waals surface area contributed by atoms with Gasteiger partial charge >= 0.3 is 0 Å². The van der Waals surface area contributed by atoms with Crippen molar-refractivity contribution in [2.75, 3.05) is 26.2 Å². The van der Waals surface area contributed by atoms with Gasteiger partial charge in [-0.2, -0.15) is 0 Å². The summed E-state index contributed by atoms with van der Waals surface area (Å²) in [5.41, 5.74) is 0.482. The summed E-state index contributed by atoms with van der Waals surface area (Å²) >= 11 is 0. The van der Waals surface area contributed by atoms with Crippen LogP contribution >= 0.6 is 0 Å². The van der Waals surface area contributed by atoms with Crippen molar-refractivity contribution in [3.8, 4) is 0 Å². The molecule has 102 valence electrons. The van der Waals surface area contributed by atoms with Gasteiger partial charge in [-0.25, -0.2) is 0 Å². The monoisotopic (exact) mass is 240 g/mol. The third kappa shape index (κ3) is 7.05. The van der Waals surface area contributed by atoms with Gasteiger partial charge in [-0.05, 0) is 56.8 Å². The normalized spacial score (nSPS) is 20.1. The van der Waals surface area contributed by atoms with Gasteiger partial charge in [0.15, 0.2) is 0 Å². The van der Waals surface area contributed by atoms with E-state index in [2.05, 4.69) is 44.8 Å². The third-order valence-electron chi connectivity index (χ3n) is 3.70. The Labute approximate surface area is 108 Å². The lowest BCUT2D eigenvalue weighted by Crippen LogP contribution is -2.39. The molecule has 0 atom stereocenters. The van der Waals surface area contributed by atoms with E-state index in [4.69, 9.17) is 0 Å². The smallest absolute Gasteiger partial charge is 0.00104 e. The van der Waals surface area contributed by atoms with Crippen molar-refractivity contribution in [3.63, 3.8) is 0 Å². The van der Waals surface area contributed by atoms with E-state index in [0.717, 1.165) is 5.92 Å². The number of hydrogen-bond donors (Lipinski definition) is 1. The van der Waals surface area contributed by atoms with Gasteiger partial charge in [0.1, 0.15) is 0 Å². The van der Waals surface area contributed by atoms with Crippen molar-refractivity contribution >= 4 is 0 Å². The van der Waals surface area contributed by atoms with Crippen LogP contribution in [0.25, 0.3) is 0 Å². The summed E-state index contributed by atoms with van der Waals surface area (Å²) in [6, 6.07) is 0.633. The van der Waals surface area contributed by atoms with E-state index in [1.165, 1.54) is 45.4 Å². The van der Waals surface area contributed by atoms with Crippen LogP contribution in [-0.4, -0.2) is 37.1 Å². The zero-order chi connectivity index (χ0) is 12.9. The van der Waals surface area contributed by atoms with Crippen LogP contribution in [-0.2, 0) is 0 Å². The van der Waals surface area contributed by atoms with Gasteiger partial charge in [-0.15, -0.1) is 0 Å². The maximum atomic E-state index is 3.57. The van der Waals surface area contributed by atoms with Crippen LogP contribution in [0.15, 0.2) is 0 Å². The van der Waals surface area contributed by atoms with E-state index in [0.29, 0.717) is 11.5 Å². The lowest BCUT2D eigenvalue weighted by atomic mass is 9.91. The summed E-state index contributed by atoms with van der Waals surface area (Å²) < 4.78 is 0. The lowest BCUT2D eigenvalue weighted by Gasteiger charge is -2.34. The Morgan fingerprint density at radius 3 is 2.24 bits per heavy atom. The van der Waals surface area contributed by atoms with Crippen LogP contribution < -0.4 is 5.32 Å². The fourth-order valence-electron chi connectivity index (χ4n) is 2.31. The van der Waals surface area contributed by atoms with E-state index in [-0.39, 0.29) is 0 Å². The molecule has 0 unspecified atom stereocenters. The topological polar surface area (TPSA) is 15.3 Å². The van der Waals surface area contributed by atoms with Crippen LogP contribution in [0, 0.1) is 11.3 Å². The first kappa shape index (κ1) is 15.0. The van der Waals surface area contributed by atoms with Gasteiger partial charge in [0.05, 0.1) is 0 Å². The molecule has 0 aliphatic carbocycles. The molecule has 1 N–H and O–H groups in total. The number of rotatable bonds is 5. The SMILES string of the molecule is CC(C)NCC1CCN(CCC(C)(C)C)CC1. The minimum Gasteiger partial charge on any atom is -0.314 e. The highest BCUT2D eigenvalue weighted by Gasteiger charge is 2.20. The molecule has 0 bridgehead atoms. The number of likely N-dealkylation sites (tertiary alicyclic amines) is 1. The molecule has 1 aliphatic rings. The highest BCUT2D eigenvalue weighted by Crippen LogP contribution is 2.22. The summed E-state index contributed by atoms with van der Waals surface area (Å²) in [4.78, 5) is 2.65. The zero-order valence-electron chi connectivity index (χ0n) is 12.6. The van der Waals surface area contributed by atoms with Crippen LogP contribution in [0.1, 0.15) is 53.9 Å². The van der Waals surface area contributed by atoms with Gasteiger partial charge in [0.25, 0.3) is 0 Å². The average molecular weight is 240 g/mol. The van der Waals surface area contributed by atoms with Gasteiger partial charge in [0, 0.05) is 6.04 Å². The molecule has 0 spiro atoms. The molecule has 0 aromatic rings. The van der Waals surface area contributed by atoms with Crippen LogP contribution in [0.5, 0.6) is 0 Å². The third-order valence-corrected chi connectivity index (χ3v) is 3.70. The molecular formula is C15H32N2. The van der Waals surface area contributed by atoms with Crippen molar-refractivity contribution in [3.05, 3.63) is 0 Å². The molecule has 1 saturated heterocycles. The van der Waals surface area contributed by atoms with E-state index in [9.17, 15) is 0 Å². The van der Waals surface area contributed by atoms with Crippen molar-refractivity contribution in [2.45, 2.75) is 59.9 Å². The molecule has 2 nitrogen and oxygen atoms in total. The largest absolute Gasteiger partial charge is 0.314 e. The first-order valence-corrected chi connectivity index (χ1v) is 7.32. The second-order valence-electron chi connectivity index (χ2n) is 7.16. The molecular weight excluding hydrogens is 208 g/mol. The fraction of sp³-hybridized carbons (Fsp3) is 1.00. The molecule has 2 heteroatoms. The van der Waals surface area contributed by atoms with Crippen molar-refractivity contribution in [1.29, 1.82) is 0 Å². The van der Waals surface area contributed by atoms with E-state index >= 15 is 0 Å². The van der Waals surface area contributed by atoms with Crippen LogP contribution in [0.4, 0.5) is 0 Å². The standard InChI is InChI=1S/C15H32N2/c1-13(2)16-12-14-6-9-17(10-7-14)11-8-15(3,4)5/h13-14,16H,6-12H2,1-5H3. The minimum absolute atomic E-state index is 0.482. The lowest BCUT2D eigenvalue weighted by molar-refractivity contribution is 0.161. The predicted octanol–water partition coefficient (Wildman–Crippen LogP) is 3.13. The second-order valence-corrected chi connectivity index (χ2v) is 7.16. The number of piperidine rings is 1. The molecule has 1 heterocycles. The molecule has 1 fully saturated rings. The minimum atomic E-state index is 0.482. The van der Waals surface area contributed by atoms with Gasteiger partial charge < -0.3 is 10.2 Å². The van der Waals surface area contributed by atoms with Crippen molar-refractivity contribution < 1.29 is 0 Å². The zero-order valence-corrected chi connectivity index (χ0v) is 12.6. The van der Waals surface area contributed by atoms with Crippen molar-refractivity contribution in [1.82, 2.24) is 10.2 Å². The van der Waals surface area contributed by atoms with E-state index in [1.807, 2.05) is 0 Å². The maximum absolute atomic E-state index is 3.57. The Hall–Kier alpha value is -0.0800. The van der Waals surface area contributed by atoms with Gasteiger partial charge in [-0.3, -0.25) is 0 Å². The van der Waals surface area contributed by atoms with Crippen LogP contribution in [0.3, 0.4) is 0 Å². The quantitative estimate of drug-likeness (QED) is 0.794. The maximum Gasteiger partial charge on any atom is 0.00104 e. The Morgan fingerprint density at radius 1 is 1.18 bits per heavy atom. The average Bonchev–Trinajstić information content (AvgIpc) is 2.24. The first-order valence-electron chi connectivity index (χ1n) is 7.32. The predicted molar refractivity (Wildman–Crippen MR) is 76.4 cm³/mol. The molecule has 0 aromatic heterocycles. The van der Waals surface area contributed by atoms with Crippen molar-refractivity contribution in [2.24, 2.45) is 11.3 Å². The number of nitrogens with zero attached hydrogens (tertiary/aromatic N) is 1. The first-order chi connectivity index (χ1) is 7.87. The Bertz CT molecular complexity index is 197. The Morgan fingerprint density at radius 2 is 1.76 bits per heavy atom. The summed E-state index contributed by atoms with van der Waals surface area (Å²) in [6.45, 7) is 16.6. The Kier molecular flexibility index (Phi) is 5.94.